The van der Waals surface area contributed by atoms with Gasteiger partial charge in [0.25, 0.3) is 5.91 Å². The summed E-state index contributed by atoms with van der Waals surface area (Å²) in [5.74, 6) is 0.694. The molecule has 0 fully saturated rings. The SMILES string of the molecule is COc1ccc(Br)c(C(=O)N2CCCc3ccccc32)c1. The molecule has 0 aromatic heterocycles. The summed E-state index contributed by atoms with van der Waals surface area (Å²) in [6.07, 6.45) is 2.02. The van der Waals surface area contributed by atoms with E-state index in [1.54, 1.807) is 13.2 Å². The second-order valence-electron chi connectivity index (χ2n) is 5.03. The van der Waals surface area contributed by atoms with E-state index in [1.807, 2.05) is 35.2 Å². The van der Waals surface area contributed by atoms with E-state index in [9.17, 15) is 4.79 Å². The highest BCUT2D eigenvalue weighted by atomic mass is 79.9. The zero-order valence-corrected chi connectivity index (χ0v) is 13.4. The standard InChI is InChI=1S/C17H16BrNO2/c1-21-13-8-9-15(18)14(11-13)17(20)19-10-4-6-12-5-2-3-7-16(12)19/h2-3,5,7-9,11H,4,6,10H2,1H3. The minimum absolute atomic E-state index is 0.00734. The van der Waals surface area contributed by atoms with Gasteiger partial charge in [0, 0.05) is 16.7 Å². The summed E-state index contributed by atoms with van der Waals surface area (Å²) in [7, 11) is 1.60. The van der Waals surface area contributed by atoms with E-state index < -0.39 is 0 Å². The molecule has 0 saturated heterocycles. The van der Waals surface area contributed by atoms with E-state index in [-0.39, 0.29) is 5.91 Å². The molecule has 2 aromatic carbocycles. The number of hydrogen-bond acceptors (Lipinski definition) is 2. The molecular weight excluding hydrogens is 330 g/mol. The van der Waals surface area contributed by atoms with Crippen molar-refractivity contribution < 1.29 is 9.53 Å². The number of carbonyl (C=O) groups excluding carboxylic acids is 1. The Kier molecular flexibility index (Phi) is 3.97. The summed E-state index contributed by atoms with van der Waals surface area (Å²) >= 11 is 3.46. The highest BCUT2D eigenvalue weighted by molar-refractivity contribution is 9.10. The van der Waals surface area contributed by atoms with E-state index in [1.165, 1.54) is 5.56 Å². The van der Waals surface area contributed by atoms with Crippen molar-refractivity contribution in [2.75, 3.05) is 18.6 Å². The molecule has 0 aliphatic carbocycles. The Hall–Kier alpha value is -1.81. The van der Waals surface area contributed by atoms with Gasteiger partial charge in [-0.2, -0.15) is 0 Å². The van der Waals surface area contributed by atoms with Crippen LogP contribution in [0.5, 0.6) is 5.75 Å². The highest BCUT2D eigenvalue weighted by Gasteiger charge is 2.24. The minimum atomic E-state index is 0.00734. The number of carbonyl (C=O) groups is 1. The summed E-state index contributed by atoms with van der Waals surface area (Å²) < 4.78 is 6.01. The lowest BCUT2D eigenvalue weighted by Gasteiger charge is -2.29. The van der Waals surface area contributed by atoms with Crippen LogP contribution in [0.2, 0.25) is 0 Å². The van der Waals surface area contributed by atoms with Crippen LogP contribution in [-0.2, 0) is 6.42 Å². The van der Waals surface area contributed by atoms with Crippen molar-refractivity contribution in [1.82, 2.24) is 0 Å². The maximum atomic E-state index is 12.9. The predicted octanol–water partition coefficient (Wildman–Crippen LogP) is 4.05. The number of aryl methyl sites for hydroxylation is 1. The molecule has 4 heteroatoms. The molecule has 108 valence electrons. The van der Waals surface area contributed by atoms with Gasteiger partial charge in [-0.1, -0.05) is 18.2 Å². The van der Waals surface area contributed by atoms with E-state index >= 15 is 0 Å². The van der Waals surface area contributed by atoms with Gasteiger partial charge >= 0.3 is 0 Å². The normalized spacial score (nSPS) is 13.7. The van der Waals surface area contributed by atoms with Gasteiger partial charge in [-0.15, -0.1) is 0 Å². The van der Waals surface area contributed by atoms with Crippen LogP contribution in [0.3, 0.4) is 0 Å². The van der Waals surface area contributed by atoms with Gasteiger partial charge in [0.1, 0.15) is 5.75 Å². The van der Waals surface area contributed by atoms with Crippen LogP contribution < -0.4 is 9.64 Å². The number of halogens is 1. The predicted molar refractivity (Wildman–Crippen MR) is 87.1 cm³/mol. The number of ether oxygens (including phenoxy) is 1. The smallest absolute Gasteiger partial charge is 0.259 e. The molecule has 0 spiro atoms. The fourth-order valence-electron chi connectivity index (χ4n) is 2.69. The molecule has 0 atom stereocenters. The molecule has 2 aromatic rings. The van der Waals surface area contributed by atoms with Crippen LogP contribution in [0, 0.1) is 0 Å². The molecule has 0 bridgehead atoms. The molecule has 1 amide bonds. The fourth-order valence-corrected chi connectivity index (χ4v) is 3.10. The summed E-state index contributed by atoms with van der Waals surface area (Å²) in [5, 5.41) is 0. The number of rotatable bonds is 2. The Labute approximate surface area is 132 Å². The van der Waals surface area contributed by atoms with Crippen LogP contribution in [-0.4, -0.2) is 19.6 Å². The Morgan fingerprint density at radius 3 is 2.86 bits per heavy atom. The second kappa shape index (κ2) is 5.90. The van der Waals surface area contributed by atoms with Crippen LogP contribution in [0.1, 0.15) is 22.3 Å². The van der Waals surface area contributed by atoms with Crippen LogP contribution in [0.4, 0.5) is 5.69 Å². The first-order chi connectivity index (χ1) is 10.2. The van der Waals surface area contributed by atoms with Crippen molar-refractivity contribution in [3.63, 3.8) is 0 Å². The van der Waals surface area contributed by atoms with E-state index in [2.05, 4.69) is 22.0 Å². The first kappa shape index (κ1) is 14.1. The maximum Gasteiger partial charge on any atom is 0.259 e. The van der Waals surface area contributed by atoms with Gasteiger partial charge in [-0.05, 0) is 58.6 Å². The van der Waals surface area contributed by atoms with Crippen molar-refractivity contribution in [3.8, 4) is 5.75 Å². The summed E-state index contributed by atoms with van der Waals surface area (Å²) in [4.78, 5) is 14.8. The van der Waals surface area contributed by atoms with Gasteiger partial charge in [0.15, 0.2) is 0 Å². The molecule has 3 nitrogen and oxygen atoms in total. The summed E-state index contributed by atoms with van der Waals surface area (Å²) in [5.41, 5.74) is 2.88. The van der Waals surface area contributed by atoms with Crippen molar-refractivity contribution in [1.29, 1.82) is 0 Å². The third kappa shape index (κ3) is 2.68. The Morgan fingerprint density at radius 1 is 1.24 bits per heavy atom. The third-order valence-corrected chi connectivity index (χ3v) is 4.45. The van der Waals surface area contributed by atoms with Crippen molar-refractivity contribution >= 4 is 27.5 Å². The maximum absolute atomic E-state index is 12.9. The average Bonchev–Trinajstić information content (AvgIpc) is 2.54. The minimum Gasteiger partial charge on any atom is -0.497 e. The highest BCUT2D eigenvalue weighted by Crippen LogP contribution is 2.30. The molecule has 1 aliphatic heterocycles. The average molecular weight is 346 g/mol. The number of fused-ring (bicyclic) bond motifs is 1. The topological polar surface area (TPSA) is 29.5 Å². The number of anilines is 1. The molecular formula is C17H16BrNO2. The van der Waals surface area contributed by atoms with E-state index in [0.717, 1.165) is 29.5 Å². The zero-order chi connectivity index (χ0) is 14.8. The molecule has 21 heavy (non-hydrogen) atoms. The van der Waals surface area contributed by atoms with E-state index in [0.29, 0.717) is 11.3 Å². The number of nitrogens with zero attached hydrogens (tertiary/aromatic N) is 1. The van der Waals surface area contributed by atoms with Gasteiger partial charge in [-0.3, -0.25) is 4.79 Å². The molecule has 0 saturated carbocycles. The van der Waals surface area contributed by atoms with Crippen LogP contribution in [0.15, 0.2) is 46.9 Å². The third-order valence-electron chi connectivity index (χ3n) is 3.76. The molecule has 0 unspecified atom stereocenters. The quantitative estimate of drug-likeness (QED) is 0.821. The molecule has 0 radical (unpaired) electrons. The van der Waals surface area contributed by atoms with Crippen LogP contribution in [0.25, 0.3) is 0 Å². The van der Waals surface area contributed by atoms with Gasteiger partial charge in [0.05, 0.1) is 12.7 Å². The van der Waals surface area contributed by atoms with E-state index in [4.69, 9.17) is 4.74 Å². The van der Waals surface area contributed by atoms with Gasteiger partial charge in [-0.25, -0.2) is 0 Å². The number of amides is 1. The summed E-state index contributed by atoms with van der Waals surface area (Å²) in [6, 6.07) is 13.6. The zero-order valence-electron chi connectivity index (χ0n) is 11.8. The molecule has 1 heterocycles. The molecule has 0 N–H and O–H groups in total. The number of benzene rings is 2. The summed E-state index contributed by atoms with van der Waals surface area (Å²) in [6.45, 7) is 0.750. The lowest BCUT2D eigenvalue weighted by atomic mass is 10.0. The molecule has 3 rings (SSSR count). The second-order valence-corrected chi connectivity index (χ2v) is 5.89. The largest absolute Gasteiger partial charge is 0.497 e. The van der Waals surface area contributed by atoms with Gasteiger partial charge in [0.2, 0.25) is 0 Å². The number of hydrogen-bond donors (Lipinski definition) is 0. The molecule has 1 aliphatic rings. The first-order valence-corrected chi connectivity index (χ1v) is 7.73. The van der Waals surface area contributed by atoms with Gasteiger partial charge < -0.3 is 9.64 Å². The lowest BCUT2D eigenvalue weighted by molar-refractivity contribution is 0.0984. The number of methoxy groups -OCH3 is 1. The van der Waals surface area contributed by atoms with Crippen molar-refractivity contribution in [2.24, 2.45) is 0 Å². The Morgan fingerprint density at radius 2 is 2.05 bits per heavy atom. The van der Waals surface area contributed by atoms with Crippen LogP contribution >= 0.6 is 15.9 Å². The first-order valence-electron chi connectivity index (χ1n) is 6.94. The Balaban J connectivity index is 2.00. The Bertz CT molecular complexity index is 684. The monoisotopic (exact) mass is 345 g/mol. The lowest BCUT2D eigenvalue weighted by Crippen LogP contribution is -2.35. The van der Waals surface area contributed by atoms with Crippen molar-refractivity contribution in [2.45, 2.75) is 12.8 Å². The fraction of sp³-hybridized carbons (Fsp3) is 0.235. The number of para-hydroxylation sites is 1. The van der Waals surface area contributed by atoms with Crippen molar-refractivity contribution in [3.05, 3.63) is 58.1 Å².